The van der Waals surface area contributed by atoms with Gasteiger partial charge in [-0.25, -0.2) is 9.78 Å². The Bertz CT molecular complexity index is 548. The summed E-state index contributed by atoms with van der Waals surface area (Å²) in [5.41, 5.74) is 1.11. The second-order valence-corrected chi connectivity index (χ2v) is 4.21. The topological polar surface area (TPSA) is 79.3 Å². The smallest absolute Gasteiger partial charge is 0.335 e. The molecule has 1 heterocycles. The Balaban J connectivity index is 2.26. The fraction of sp³-hybridized carbons (Fsp3) is 0. The fourth-order valence-electron chi connectivity index (χ4n) is 1.30. The number of nitrogens with zero attached hydrogens (tertiary/aromatic N) is 1. The van der Waals surface area contributed by atoms with Gasteiger partial charge in [-0.2, -0.15) is 0 Å². The first-order chi connectivity index (χ1) is 8.20. The van der Waals surface area contributed by atoms with Gasteiger partial charge in [0.2, 0.25) is 6.41 Å². The molecule has 1 amide bonds. The van der Waals surface area contributed by atoms with Gasteiger partial charge in [0.1, 0.15) is 0 Å². The minimum absolute atomic E-state index is 0.240. The second-order valence-electron chi connectivity index (χ2n) is 3.17. The van der Waals surface area contributed by atoms with E-state index in [1.807, 2.05) is 0 Å². The van der Waals surface area contributed by atoms with Crippen LogP contribution in [0, 0.1) is 0 Å². The molecule has 0 fully saturated rings. The van der Waals surface area contributed by atoms with Crippen LogP contribution in [0.5, 0.6) is 0 Å². The number of hydrogen-bond acceptors (Lipinski definition) is 4. The minimum atomic E-state index is -0.954. The van der Waals surface area contributed by atoms with Crippen molar-refractivity contribution in [1.82, 2.24) is 4.98 Å². The lowest BCUT2D eigenvalue weighted by Gasteiger charge is -1.97. The first kappa shape index (κ1) is 11.3. The van der Waals surface area contributed by atoms with Gasteiger partial charge in [-0.15, -0.1) is 0 Å². The van der Waals surface area contributed by atoms with Crippen LogP contribution in [0.4, 0.5) is 5.13 Å². The summed E-state index contributed by atoms with van der Waals surface area (Å²) in [6.45, 7) is 0. The maximum atomic E-state index is 10.7. The SMILES string of the molecule is O=CNc1ncc(-c2ccc(C(=O)O)cc2)s1. The third-order valence-corrected chi connectivity index (χ3v) is 3.08. The van der Waals surface area contributed by atoms with Crippen LogP contribution in [0.2, 0.25) is 0 Å². The molecule has 6 heteroatoms. The van der Waals surface area contributed by atoms with Gasteiger partial charge in [0, 0.05) is 6.20 Å². The van der Waals surface area contributed by atoms with Crippen LogP contribution in [0.15, 0.2) is 30.5 Å². The molecule has 0 saturated heterocycles. The highest BCUT2D eigenvalue weighted by atomic mass is 32.1. The van der Waals surface area contributed by atoms with Crippen molar-refractivity contribution in [2.75, 3.05) is 5.32 Å². The van der Waals surface area contributed by atoms with Crippen LogP contribution in [0.25, 0.3) is 10.4 Å². The van der Waals surface area contributed by atoms with Crippen LogP contribution in [-0.4, -0.2) is 22.5 Å². The predicted octanol–water partition coefficient (Wildman–Crippen LogP) is 2.08. The molecule has 5 nitrogen and oxygen atoms in total. The Morgan fingerprint density at radius 1 is 1.35 bits per heavy atom. The molecular weight excluding hydrogens is 240 g/mol. The molecule has 17 heavy (non-hydrogen) atoms. The zero-order valence-electron chi connectivity index (χ0n) is 8.58. The van der Waals surface area contributed by atoms with Crippen molar-refractivity contribution in [3.63, 3.8) is 0 Å². The van der Waals surface area contributed by atoms with Crippen LogP contribution < -0.4 is 5.32 Å². The monoisotopic (exact) mass is 248 g/mol. The van der Waals surface area contributed by atoms with E-state index in [1.165, 1.54) is 23.5 Å². The normalized spacial score (nSPS) is 9.88. The molecular formula is C11H8N2O3S. The molecule has 1 aromatic heterocycles. The Morgan fingerprint density at radius 3 is 2.65 bits per heavy atom. The molecule has 0 aliphatic rings. The van der Waals surface area contributed by atoms with Crippen LogP contribution in [0.3, 0.4) is 0 Å². The zero-order chi connectivity index (χ0) is 12.3. The zero-order valence-corrected chi connectivity index (χ0v) is 9.40. The van der Waals surface area contributed by atoms with Crippen LogP contribution >= 0.6 is 11.3 Å². The molecule has 0 saturated carbocycles. The highest BCUT2D eigenvalue weighted by molar-refractivity contribution is 7.19. The number of aromatic carboxylic acids is 1. The number of nitrogens with one attached hydrogen (secondary N) is 1. The Kier molecular flexibility index (Phi) is 3.15. The largest absolute Gasteiger partial charge is 0.478 e. The molecule has 1 aromatic carbocycles. The van der Waals surface area contributed by atoms with Crippen LogP contribution in [0.1, 0.15) is 10.4 Å². The number of benzene rings is 1. The lowest BCUT2D eigenvalue weighted by molar-refractivity contribution is -0.105. The van der Waals surface area contributed by atoms with Crippen molar-refractivity contribution in [3.8, 4) is 10.4 Å². The van der Waals surface area contributed by atoms with Crippen molar-refractivity contribution >= 4 is 28.8 Å². The number of amides is 1. The van der Waals surface area contributed by atoms with E-state index in [9.17, 15) is 9.59 Å². The molecule has 0 radical (unpaired) electrons. The van der Waals surface area contributed by atoms with Gasteiger partial charge in [-0.3, -0.25) is 4.79 Å². The quantitative estimate of drug-likeness (QED) is 0.812. The lowest BCUT2D eigenvalue weighted by atomic mass is 10.1. The number of carboxylic acid groups (broad SMARTS) is 1. The summed E-state index contributed by atoms with van der Waals surface area (Å²) in [4.78, 5) is 25.8. The molecule has 0 aliphatic heterocycles. The van der Waals surface area contributed by atoms with Crippen LogP contribution in [-0.2, 0) is 4.79 Å². The molecule has 2 N–H and O–H groups in total. The molecule has 0 bridgehead atoms. The first-order valence-electron chi connectivity index (χ1n) is 4.70. The third-order valence-electron chi connectivity index (χ3n) is 2.10. The third kappa shape index (κ3) is 2.48. The summed E-state index contributed by atoms with van der Waals surface area (Å²) in [6.07, 6.45) is 2.20. The van der Waals surface area contributed by atoms with Gasteiger partial charge >= 0.3 is 5.97 Å². The van der Waals surface area contributed by atoms with E-state index in [0.717, 1.165) is 10.4 Å². The molecule has 0 unspecified atom stereocenters. The number of carbonyl (C=O) groups excluding carboxylic acids is 1. The maximum Gasteiger partial charge on any atom is 0.335 e. The van der Waals surface area contributed by atoms with Gasteiger partial charge in [-0.1, -0.05) is 23.5 Å². The molecule has 2 rings (SSSR count). The van der Waals surface area contributed by atoms with Gasteiger partial charge in [-0.05, 0) is 17.7 Å². The van der Waals surface area contributed by atoms with E-state index >= 15 is 0 Å². The van der Waals surface area contributed by atoms with E-state index in [-0.39, 0.29) is 5.56 Å². The number of hydrogen-bond donors (Lipinski definition) is 2. The van der Waals surface area contributed by atoms with Crippen molar-refractivity contribution < 1.29 is 14.7 Å². The van der Waals surface area contributed by atoms with Gasteiger partial charge in [0.25, 0.3) is 0 Å². The van der Waals surface area contributed by atoms with Gasteiger partial charge in [0.05, 0.1) is 10.4 Å². The molecule has 86 valence electrons. The Labute approximate surface area is 101 Å². The molecule has 0 aliphatic carbocycles. The predicted molar refractivity (Wildman–Crippen MR) is 64.2 cm³/mol. The number of carbonyl (C=O) groups is 2. The van der Waals surface area contributed by atoms with Crippen molar-refractivity contribution in [2.45, 2.75) is 0 Å². The van der Waals surface area contributed by atoms with Crippen molar-refractivity contribution in [2.24, 2.45) is 0 Å². The van der Waals surface area contributed by atoms with Gasteiger partial charge in [0.15, 0.2) is 5.13 Å². The summed E-state index contributed by atoms with van der Waals surface area (Å²) >= 11 is 1.32. The van der Waals surface area contributed by atoms with E-state index in [1.54, 1.807) is 18.3 Å². The number of anilines is 1. The fourth-order valence-corrected chi connectivity index (χ4v) is 2.08. The number of thiazole rings is 1. The number of aromatic nitrogens is 1. The average molecular weight is 248 g/mol. The summed E-state index contributed by atoms with van der Waals surface area (Å²) in [6, 6.07) is 6.48. The lowest BCUT2D eigenvalue weighted by Crippen LogP contribution is -1.94. The van der Waals surface area contributed by atoms with E-state index < -0.39 is 5.97 Å². The summed E-state index contributed by atoms with van der Waals surface area (Å²) in [7, 11) is 0. The summed E-state index contributed by atoms with van der Waals surface area (Å²) < 4.78 is 0. The maximum absolute atomic E-state index is 10.7. The van der Waals surface area contributed by atoms with E-state index in [2.05, 4.69) is 10.3 Å². The van der Waals surface area contributed by atoms with Crippen molar-refractivity contribution in [1.29, 1.82) is 0 Å². The average Bonchev–Trinajstić information content (AvgIpc) is 2.78. The Morgan fingerprint density at radius 2 is 2.06 bits per heavy atom. The van der Waals surface area contributed by atoms with E-state index in [4.69, 9.17) is 5.11 Å². The molecule has 0 atom stereocenters. The number of carboxylic acids is 1. The highest BCUT2D eigenvalue weighted by Gasteiger charge is 2.06. The summed E-state index contributed by atoms with van der Waals surface area (Å²) in [5, 5.41) is 11.7. The second kappa shape index (κ2) is 4.75. The summed E-state index contributed by atoms with van der Waals surface area (Å²) in [5.74, 6) is -0.954. The molecule has 2 aromatic rings. The highest BCUT2D eigenvalue weighted by Crippen LogP contribution is 2.28. The first-order valence-corrected chi connectivity index (χ1v) is 5.52. The van der Waals surface area contributed by atoms with E-state index in [0.29, 0.717) is 11.5 Å². The minimum Gasteiger partial charge on any atom is -0.478 e. The number of rotatable bonds is 4. The van der Waals surface area contributed by atoms with Crippen molar-refractivity contribution in [3.05, 3.63) is 36.0 Å². The Hall–Kier alpha value is -2.21. The molecule has 0 spiro atoms. The van der Waals surface area contributed by atoms with Gasteiger partial charge < -0.3 is 10.4 Å². The standard InChI is InChI=1S/C11H8N2O3S/c14-6-13-11-12-5-9(17-11)7-1-3-8(4-2-7)10(15)16/h1-6H,(H,15,16)(H,12,13,14).